The third-order valence-electron chi connectivity index (χ3n) is 5.35. The zero-order valence-electron chi connectivity index (χ0n) is 19.7. The van der Waals surface area contributed by atoms with Crippen LogP contribution in [0.25, 0.3) is 16.9 Å². The summed E-state index contributed by atoms with van der Waals surface area (Å²) in [6, 6.07) is 26.4. The van der Waals surface area contributed by atoms with Crippen LogP contribution in [-0.4, -0.2) is 39.6 Å². The maximum Gasteiger partial charge on any atom is 0.254 e. The van der Waals surface area contributed by atoms with Crippen LogP contribution in [0.5, 0.6) is 0 Å². The molecule has 0 aliphatic rings. The highest BCUT2D eigenvalue weighted by molar-refractivity contribution is 5.99. The molecule has 4 aromatic rings. The average molecular weight is 471 g/mol. The van der Waals surface area contributed by atoms with Gasteiger partial charge in [-0.25, -0.2) is 9.07 Å². The van der Waals surface area contributed by atoms with Crippen molar-refractivity contribution in [3.63, 3.8) is 0 Å². The van der Waals surface area contributed by atoms with E-state index < -0.39 is 5.82 Å². The molecule has 0 radical (unpaired) electrons. The number of benzene rings is 3. The number of nitrogens with zero attached hydrogens (tertiary/aromatic N) is 3. The lowest BCUT2D eigenvalue weighted by Crippen LogP contribution is -2.40. The fourth-order valence-electron chi connectivity index (χ4n) is 3.78. The monoisotopic (exact) mass is 470 g/mol. The topological polar surface area (TPSA) is 67.2 Å². The van der Waals surface area contributed by atoms with E-state index in [1.807, 2.05) is 80.6 Å². The van der Waals surface area contributed by atoms with E-state index in [0.29, 0.717) is 23.6 Å². The lowest BCUT2D eigenvalue weighted by Gasteiger charge is -2.24. The van der Waals surface area contributed by atoms with Crippen molar-refractivity contribution >= 4 is 17.6 Å². The van der Waals surface area contributed by atoms with Crippen molar-refractivity contribution in [3.05, 3.63) is 102 Å². The van der Waals surface area contributed by atoms with Gasteiger partial charge < -0.3 is 10.2 Å². The van der Waals surface area contributed by atoms with Crippen molar-refractivity contribution in [2.24, 2.45) is 5.92 Å². The number of anilines is 1. The van der Waals surface area contributed by atoms with E-state index in [0.717, 1.165) is 11.3 Å². The number of rotatable bonds is 8. The Morgan fingerprint density at radius 3 is 2.20 bits per heavy atom. The van der Waals surface area contributed by atoms with E-state index in [2.05, 4.69) is 5.32 Å². The molecular weight excluding hydrogens is 443 g/mol. The predicted molar refractivity (Wildman–Crippen MR) is 135 cm³/mol. The first-order chi connectivity index (χ1) is 16.9. The lowest BCUT2D eigenvalue weighted by atomic mass is 10.1. The zero-order chi connectivity index (χ0) is 24.8. The number of aromatic nitrogens is 2. The number of hydrogen-bond acceptors (Lipinski definition) is 3. The van der Waals surface area contributed by atoms with E-state index in [9.17, 15) is 14.0 Å². The second-order valence-corrected chi connectivity index (χ2v) is 8.66. The molecule has 0 fully saturated rings. The molecule has 7 heteroatoms. The molecular formula is C28H27FN4O2. The molecule has 0 atom stereocenters. The molecule has 1 N–H and O–H groups in total. The zero-order valence-corrected chi connectivity index (χ0v) is 19.7. The quantitative estimate of drug-likeness (QED) is 0.374. The maximum atomic E-state index is 13.3. The van der Waals surface area contributed by atoms with E-state index in [-0.39, 0.29) is 24.3 Å². The summed E-state index contributed by atoms with van der Waals surface area (Å²) in [6.07, 6.45) is 0. The molecule has 178 valence electrons. The van der Waals surface area contributed by atoms with Gasteiger partial charge in [0.2, 0.25) is 5.91 Å². The Balaban J connectivity index is 1.59. The number of nitrogens with one attached hydrogen (secondary N) is 1. The van der Waals surface area contributed by atoms with Crippen molar-refractivity contribution in [2.75, 3.05) is 18.4 Å². The van der Waals surface area contributed by atoms with Crippen LogP contribution in [0, 0.1) is 11.7 Å². The maximum absolute atomic E-state index is 13.3. The van der Waals surface area contributed by atoms with Crippen molar-refractivity contribution in [3.8, 4) is 16.9 Å². The Bertz CT molecular complexity index is 1290. The number of hydrogen-bond donors (Lipinski definition) is 1. The van der Waals surface area contributed by atoms with Gasteiger partial charge in [0.25, 0.3) is 5.91 Å². The van der Waals surface area contributed by atoms with Gasteiger partial charge in [-0.05, 0) is 42.3 Å². The fraction of sp³-hybridized carbons (Fsp3) is 0.179. The third-order valence-corrected chi connectivity index (χ3v) is 5.35. The van der Waals surface area contributed by atoms with Gasteiger partial charge in [-0.3, -0.25) is 9.59 Å². The minimum atomic E-state index is -0.418. The summed E-state index contributed by atoms with van der Waals surface area (Å²) in [6.45, 7) is 4.19. The molecule has 0 saturated heterocycles. The number of halogens is 1. The van der Waals surface area contributed by atoms with Gasteiger partial charge in [0.1, 0.15) is 18.2 Å². The van der Waals surface area contributed by atoms with Crippen molar-refractivity contribution in [1.82, 2.24) is 14.7 Å². The molecule has 0 unspecified atom stereocenters. The molecule has 1 heterocycles. The van der Waals surface area contributed by atoms with E-state index in [1.54, 1.807) is 4.68 Å². The highest BCUT2D eigenvalue weighted by Gasteiger charge is 2.21. The van der Waals surface area contributed by atoms with Crippen LogP contribution >= 0.6 is 0 Å². The Hall–Kier alpha value is -4.26. The molecule has 6 nitrogen and oxygen atoms in total. The van der Waals surface area contributed by atoms with Crippen molar-refractivity contribution in [1.29, 1.82) is 0 Å². The predicted octanol–water partition coefficient (Wildman–Crippen LogP) is 5.42. The Labute approximate surface area is 204 Å². The van der Waals surface area contributed by atoms with Gasteiger partial charge in [-0.1, -0.05) is 62.4 Å². The van der Waals surface area contributed by atoms with Gasteiger partial charge >= 0.3 is 0 Å². The number of amides is 2. The Morgan fingerprint density at radius 1 is 0.943 bits per heavy atom. The second kappa shape index (κ2) is 10.8. The first-order valence-corrected chi connectivity index (χ1v) is 11.5. The van der Waals surface area contributed by atoms with E-state index >= 15 is 0 Å². The first-order valence-electron chi connectivity index (χ1n) is 11.5. The molecule has 35 heavy (non-hydrogen) atoms. The molecule has 0 spiro atoms. The average Bonchev–Trinajstić information content (AvgIpc) is 3.28. The summed E-state index contributed by atoms with van der Waals surface area (Å²) < 4.78 is 15.0. The fourth-order valence-corrected chi connectivity index (χ4v) is 3.78. The van der Waals surface area contributed by atoms with Gasteiger partial charge in [-0.15, -0.1) is 0 Å². The summed E-state index contributed by atoms with van der Waals surface area (Å²) in [4.78, 5) is 27.7. The van der Waals surface area contributed by atoms with E-state index in [4.69, 9.17) is 5.10 Å². The third kappa shape index (κ3) is 6.00. The smallest absolute Gasteiger partial charge is 0.254 e. The largest absolute Gasteiger partial charge is 0.329 e. The Kier molecular flexibility index (Phi) is 7.35. The summed E-state index contributed by atoms with van der Waals surface area (Å²) >= 11 is 0. The Morgan fingerprint density at radius 2 is 1.57 bits per heavy atom. The number of para-hydroxylation sites is 1. The minimum absolute atomic E-state index is 0.144. The van der Waals surface area contributed by atoms with Crippen LogP contribution in [0.3, 0.4) is 0 Å². The summed E-state index contributed by atoms with van der Waals surface area (Å²) in [7, 11) is 0. The molecule has 1 aromatic heterocycles. The summed E-state index contributed by atoms with van der Waals surface area (Å²) in [5, 5.41) is 7.63. The van der Waals surface area contributed by atoms with Crippen LogP contribution in [0.4, 0.5) is 10.2 Å². The van der Waals surface area contributed by atoms with Gasteiger partial charge in [0.15, 0.2) is 0 Å². The van der Waals surface area contributed by atoms with Crippen LogP contribution in [-0.2, 0) is 4.79 Å². The lowest BCUT2D eigenvalue weighted by molar-refractivity contribution is -0.117. The van der Waals surface area contributed by atoms with Gasteiger partial charge in [0.05, 0.1) is 11.4 Å². The number of carbonyl (C=O) groups excluding carboxylic acids is 2. The van der Waals surface area contributed by atoms with Crippen LogP contribution in [0.15, 0.2) is 91.0 Å². The van der Waals surface area contributed by atoms with E-state index in [1.165, 1.54) is 29.2 Å². The minimum Gasteiger partial charge on any atom is -0.329 e. The molecule has 3 aromatic carbocycles. The van der Waals surface area contributed by atoms with Crippen LogP contribution < -0.4 is 5.32 Å². The first kappa shape index (κ1) is 23.9. The molecule has 0 aliphatic heterocycles. The molecule has 2 amide bonds. The SMILES string of the molecule is CC(C)CN(CC(=O)Nc1cc(-c2ccccc2)nn1-c1ccccc1)C(=O)c1ccc(F)cc1. The highest BCUT2D eigenvalue weighted by atomic mass is 19.1. The second-order valence-electron chi connectivity index (χ2n) is 8.66. The van der Waals surface area contributed by atoms with Crippen LogP contribution in [0.2, 0.25) is 0 Å². The molecule has 0 bridgehead atoms. The van der Waals surface area contributed by atoms with Crippen molar-refractivity contribution in [2.45, 2.75) is 13.8 Å². The number of carbonyl (C=O) groups is 2. The normalized spacial score (nSPS) is 10.9. The van der Waals surface area contributed by atoms with Gasteiger partial charge in [-0.2, -0.15) is 5.10 Å². The standard InChI is InChI=1S/C28H27FN4O2/c1-20(2)18-32(28(35)22-13-15-23(29)16-14-22)19-27(34)30-26-17-25(21-9-5-3-6-10-21)31-33(26)24-11-7-4-8-12-24/h3-17,20H,18-19H2,1-2H3,(H,30,34). The molecule has 4 rings (SSSR count). The highest BCUT2D eigenvalue weighted by Crippen LogP contribution is 2.24. The summed E-state index contributed by atoms with van der Waals surface area (Å²) in [5.74, 6) is -0.447. The van der Waals surface area contributed by atoms with Crippen molar-refractivity contribution < 1.29 is 14.0 Å². The van der Waals surface area contributed by atoms with Gasteiger partial charge in [0, 0.05) is 23.7 Å². The van der Waals surface area contributed by atoms with Crippen LogP contribution in [0.1, 0.15) is 24.2 Å². The molecule has 0 aliphatic carbocycles. The summed E-state index contributed by atoms with van der Waals surface area (Å²) in [5.41, 5.74) is 2.77. The molecule has 0 saturated carbocycles.